The molecule has 3 heteroatoms. The standard InChI is InChI=1S/C13H14O3/c1-3-9-8-10(15-2)4-5-11(9)12-6-7-13(14)16-12/h3-5,8,12H,1,6-7H2,2H3/t12-/m1/s1. The second kappa shape index (κ2) is 4.39. The third-order valence-electron chi connectivity index (χ3n) is 2.75. The van der Waals surface area contributed by atoms with Crippen molar-refractivity contribution < 1.29 is 14.3 Å². The van der Waals surface area contributed by atoms with E-state index in [1.807, 2.05) is 18.2 Å². The van der Waals surface area contributed by atoms with Crippen LogP contribution in [0.5, 0.6) is 5.75 Å². The molecule has 0 aromatic heterocycles. The largest absolute Gasteiger partial charge is 0.497 e. The van der Waals surface area contributed by atoms with Gasteiger partial charge in [0.15, 0.2) is 0 Å². The molecule has 0 amide bonds. The van der Waals surface area contributed by atoms with Crippen LogP contribution in [0.2, 0.25) is 0 Å². The molecule has 0 unspecified atom stereocenters. The number of esters is 1. The molecule has 0 aliphatic carbocycles. The van der Waals surface area contributed by atoms with Crippen molar-refractivity contribution in [3.05, 3.63) is 35.9 Å². The van der Waals surface area contributed by atoms with E-state index in [-0.39, 0.29) is 12.1 Å². The molecule has 1 atom stereocenters. The summed E-state index contributed by atoms with van der Waals surface area (Å²) in [5, 5.41) is 0. The quantitative estimate of drug-likeness (QED) is 0.732. The number of hydrogen-bond donors (Lipinski definition) is 0. The lowest BCUT2D eigenvalue weighted by molar-refractivity contribution is -0.141. The Labute approximate surface area is 94.7 Å². The Kier molecular flexibility index (Phi) is 2.95. The van der Waals surface area contributed by atoms with Crippen LogP contribution < -0.4 is 4.74 Å². The van der Waals surface area contributed by atoms with Crippen LogP contribution in [-0.4, -0.2) is 13.1 Å². The number of carbonyl (C=O) groups is 1. The number of cyclic esters (lactones) is 1. The summed E-state index contributed by atoms with van der Waals surface area (Å²) < 4.78 is 10.4. The fourth-order valence-corrected chi connectivity index (χ4v) is 1.89. The average molecular weight is 218 g/mol. The Morgan fingerprint density at radius 3 is 2.94 bits per heavy atom. The third-order valence-corrected chi connectivity index (χ3v) is 2.75. The van der Waals surface area contributed by atoms with Gasteiger partial charge in [0.2, 0.25) is 0 Å². The number of rotatable bonds is 3. The van der Waals surface area contributed by atoms with Gasteiger partial charge in [0.05, 0.1) is 7.11 Å². The third kappa shape index (κ3) is 1.94. The van der Waals surface area contributed by atoms with Crippen molar-refractivity contribution >= 4 is 12.0 Å². The van der Waals surface area contributed by atoms with Gasteiger partial charge in [-0.15, -0.1) is 0 Å². The molecule has 0 bridgehead atoms. The number of methoxy groups -OCH3 is 1. The summed E-state index contributed by atoms with van der Waals surface area (Å²) in [4.78, 5) is 11.1. The molecule has 0 N–H and O–H groups in total. The highest BCUT2D eigenvalue weighted by molar-refractivity contribution is 5.72. The minimum absolute atomic E-state index is 0.129. The van der Waals surface area contributed by atoms with Gasteiger partial charge in [-0.05, 0) is 29.7 Å². The fourth-order valence-electron chi connectivity index (χ4n) is 1.89. The van der Waals surface area contributed by atoms with Crippen LogP contribution in [0.15, 0.2) is 24.8 Å². The van der Waals surface area contributed by atoms with Crippen molar-refractivity contribution in [3.8, 4) is 5.75 Å². The zero-order valence-corrected chi connectivity index (χ0v) is 9.23. The summed E-state index contributed by atoms with van der Waals surface area (Å²) in [6.07, 6.45) is 2.86. The number of benzene rings is 1. The highest BCUT2D eigenvalue weighted by atomic mass is 16.5. The van der Waals surface area contributed by atoms with E-state index in [1.165, 1.54) is 0 Å². The van der Waals surface area contributed by atoms with E-state index in [1.54, 1.807) is 13.2 Å². The van der Waals surface area contributed by atoms with Gasteiger partial charge >= 0.3 is 5.97 Å². The molecule has 1 aromatic rings. The number of hydrogen-bond acceptors (Lipinski definition) is 3. The van der Waals surface area contributed by atoms with Crippen LogP contribution in [0.3, 0.4) is 0 Å². The maximum absolute atomic E-state index is 11.1. The molecule has 0 saturated carbocycles. The second-order valence-electron chi connectivity index (χ2n) is 3.72. The lowest BCUT2D eigenvalue weighted by atomic mass is 10.00. The van der Waals surface area contributed by atoms with Crippen LogP contribution in [0.25, 0.3) is 6.08 Å². The number of carbonyl (C=O) groups excluding carboxylic acids is 1. The monoisotopic (exact) mass is 218 g/mol. The van der Waals surface area contributed by atoms with E-state index in [2.05, 4.69) is 6.58 Å². The summed E-state index contributed by atoms with van der Waals surface area (Å²) in [6.45, 7) is 3.76. The van der Waals surface area contributed by atoms with Crippen molar-refractivity contribution in [2.45, 2.75) is 18.9 Å². The molecule has 3 nitrogen and oxygen atoms in total. The molecule has 16 heavy (non-hydrogen) atoms. The zero-order valence-electron chi connectivity index (χ0n) is 9.23. The molecule has 1 aliphatic rings. The molecule has 1 saturated heterocycles. The molecule has 0 spiro atoms. The summed E-state index contributed by atoms with van der Waals surface area (Å²) >= 11 is 0. The maximum atomic E-state index is 11.1. The molecule has 2 rings (SSSR count). The van der Waals surface area contributed by atoms with E-state index in [0.717, 1.165) is 23.3 Å². The summed E-state index contributed by atoms with van der Waals surface area (Å²) in [6, 6.07) is 5.70. The molecular formula is C13H14O3. The topological polar surface area (TPSA) is 35.5 Å². The van der Waals surface area contributed by atoms with E-state index in [9.17, 15) is 4.79 Å². The Morgan fingerprint density at radius 1 is 1.56 bits per heavy atom. The van der Waals surface area contributed by atoms with Gasteiger partial charge in [-0.1, -0.05) is 18.7 Å². The van der Waals surface area contributed by atoms with Crippen LogP contribution >= 0.6 is 0 Å². The number of ether oxygens (including phenoxy) is 2. The van der Waals surface area contributed by atoms with Gasteiger partial charge in [-0.2, -0.15) is 0 Å². The normalized spacial score (nSPS) is 19.3. The van der Waals surface area contributed by atoms with Gasteiger partial charge in [0.25, 0.3) is 0 Å². The Hall–Kier alpha value is -1.77. The van der Waals surface area contributed by atoms with Crippen LogP contribution in [-0.2, 0) is 9.53 Å². The summed E-state index contributed by atoms with van der Waals surface area (Å²) in [5.41, 5.74) is 1.96. The Balaban J connectivity index is 2.33. The van der Waals surface area contributed by atoms with Gasteiger partial charge in [-0.25, -0.2) is 0 Å². The predicted molar refractivity (Wildman–Crippen MR) is 61.2 cm³/mol. The minimum atomic E-state index is -0.133. The zero-order chi connectivity index (χ0) is 11.5. The van der Waals surface area contributed by atoms with Gasteiger partial charge < -0.3 is 9.47 Å². The molecular weight excluding hydrogens is 204 g/mol. The predicted octanol–water partition coefficient (Wildman–Crippen LogP) is 2.72. The van der Waals surface area contributed by atoms with Gasteiger partial charge in [-0.3, -0.25) is 4.79 Å². The molecule has 1 fully saturated rings. The van der Waals surface area contributed by atoms with E-state index < -0.39 is 0 Å². The first-order chi connectivity index (χ1) is 7.74. The fraction of sp³-hybridized carbons (Fsp3) is 0.308. The van der Waals surface area contributed by atoms with Gasteiger partial charge in [0, 0.05) is 6.42 Å². The van der Waals surface area contributed by atoms with Crippen molar-refractivity contribution in [1.29, 1.82) is 0 Å². The highest BCUT2D eigenvalue weighted by Crippen LogP contribution is 2.33. The SMILES string of the molecule is C=Cc1cc(OC)ccc1[C@H]1CCC(=O)O1. The molecule has 0 radical (unpaired) electrons. The van der Waals surface area contributed by atoms with Crippen LogP contribution in [0.1, 0.15) is 30.1 Å². The Bertz CT molecular complexity index is 423. The van der Waals surface area contributed by atoms with Crippen molar-refractivity contribution in [3.63, 3.8) is 0 Å². The summed E-state index contributed by atoms with van der Waals surface area (Å²) in [5.74, 6) is 0.652. The second-order valence-corrected chi connectivity index (χ2v) is 3.72. The average Bonchev–Trinajstić information content (AvgIpc) is 2.74. The van der Waals surface area contributed by atoms with E-state index in [0.29, 0.717) is 6.42 Å². The molecule has 1 heterocycles. The molecule has 1 aliphatic heterocycles. The summed E-state index contributed by atoms with van der Waals surface area (Å²) in [7, 11) is 1.62. The van der Waals surface area contributed by atoms with E-state index >= 15 is 0 Å². The van der Waals surface area contributed by atoms with Gasteiger partial charge in [0.1, 0.15) is 11.9 Å². The van der Waals surface area contributed by atoms with Crippen LogP contribution in [0, 0.1) is 0 Å². The maximum Gasteiger partial charge on any atom is 0.306 e. The Morgan fingerprint density at radius 2 is 2.38 bits per heavy atom. The molecule has 84 valence electrons. The van der Waals surface area contributed by atoms with Crippen molar-refractivity contribution in [2.24, 2.45) is 0 Å². The smallest absolute Gasteiger partial charge is 0.306 e. The van der Waals surface area contributed by atoms with E-state index in [4.69, 9.17) is 9.47 Å². The first-order valence-corrected chi connectivity index (χ1v) is 5.24. The molecule has 1 aromatic carbocycles. The van der Waals surface area contributed by atoms with Crippen LogP contribution in [0.4, 0.5) is 0 Å². The first kappa shape index (κ1) is 10.7. The first-order valence-electron chi connectivity index (χ1n) is 5.24. The van der Waals surface area contributed by atoms with Crippen molar-refractivity contribution in [2.75, 3.05) is 7.11 Å². The lowest BCUT2D eigenvalue weighted by Gasteiger charge is -2.13. The highest BCUT2D eigenvalue weighted by Gasteiger charge is 2.26. The minimum Gasteiger partial charge on any atom is -0.497 e. The lowest BCUT2D eigenvalue weighted by Crippen LogP contribution is -2.01. The van der Waals surface area contributed by atoms with Crippen molar-refractivity contribution in [1.82, 2.24) is 0 Å².